The van der Waals surface area contributed by atoms with Crippen LogP contribution in [0.25, 0.3) is 0 Å². The van der Waals surface area contributed by atoms with Crippen LogP contribution >= 0.6 is 0 Å². The van der Waals surface area contributed by atoms with Crippen LogP contribution in [-0.2, 0) is 16.1 Å². The van der Waals surface area contributed by atoms with Gasteiger partial charge in [-0.25, -0.2) is 0 Å². The van der Waals surface area contributed by atoms with Gasteiger partial charge in [0.15, 0.2) is 0 Å². The molecule has 0 heterocycles. The Morgan fingerprint density at radius 3 is 2.20 bits per heavy atom. The van der Waals surface area contributed by atoms with E-state index >= 15 is 0 Å². The minimum absolute atomic E-state index is 0.348. The number of aryl methyl sites for hydroxylation is 1. The van der Waals surface area contributed by atoms with Crippen LogP contribution in [0.1, 0.15) is 31.9 Å². The SMILES string of the molecule is CC.CC(=O)NC(CO)C(=O)NCc1ccc(C)cc1. The Kier molecular flexibility index (Phi) is 9.04. The smallest absolute Gasteiger partial charge is 0.245 e. The third kappa shape index (κ3) is 6.89. The Morgan fingerprint density at radius 1 is 1.20 bits per heavy atom. The maximum Gasteiger partial charge on any atom is 0.245 e. The Morgan fingerprint density at radius 2 is 1.75 bits per heavy atom. The number of benzene rings is 1. The quantitative estimate of drug-likeness (QED) is 0.756. The van der Waals surface area contributed by atoms with E-state index in [-0.39, 0.29) is 5.91 Å². The molecule has 5 nitrogen and oxygen atoms in total. The second-order valence-electron chi connectivity index (χ2n) is 4.14. The van der Waals surface area contributed by atoms with Gasteiger partial charge in [-0.05, 0) is 12.5 Å². The highest BCUT2D eigenvalue weighted by Gasteiger charge is 2.17. The fraction of sp³-hybridized carbons (Fsp3) is 0.467. The molecule has 0 saturated heterocycles. The predicted molar refractivity (Wildman–Crippen MR) is 79.1 cm³/mol. The van der Waals surface area contributed by atoms with Crippen molar-refractivity contribution in [3.8, 4) is 0 Å². The highest BCUT2D eigenvalue weighted by molar-refractivity contribution is 5.86. The molecule has 5 heteroatoms. The minimum Gasteiger partial charge on any atom is -0.394 e. The van der Waals surface area contributed by atoms with Crippen molar-refractivity contribution in [2.75, 3.05) is 6.61 Å². The zero-order chi connectivity index (χ0) is 15.5. The van der Waals surface area contributed by atoms with E-state index < -0.39 is 18.6 Å². The molecule has 1 rings (SSSR count). The molecular weight excluding hydrogens is 256 g/mol. The molecule has 0 aliphatic heterocycles. The number of carbonyl (C=O) groups is 2. The first-order valence-electron chi connectivity index (χ1n) is 6.74. The number of aliphatic hydroxyl groups is 1. The molecule has 0 saturated carbocycles. The molecule has 112 valence electrons. The summed E-state index contributed by atoms with van der Waals surface area (Å²) in [6.45, 7) is 7.24. The Labute approximate surface area is 120 Å². The van der Waals surface area contributed by atoms with E-state index in [1.165, 1.54) is 6.92 Å². The molecule has 2 amide bonds. The van der Waals surface area contributed by atoms with E-state index in [0.717, 1.165) is 11.1 Å². The summed E-state index contributed by atoms with van der Waals surface area (Å²) in [5.74, 6) is -0.743. The van der Waals surface area contributed by atoms with Crippen molar-refractivity contribution in [1.82, 2.24) is 10.6 Å². The van der Waals surface area contributed by atoms with Gasteiger partial charge >= 0.3 is 0 Å². The molecule has 1 unspecified atom stereocenters. The van der Waals surface area contributed by atoms with Gasteiger partial charge in [-0.15, -0.1) is 0 Å². The van der Waals surface area contributed by atoms with Gasteiger partial charge in [-0.2, -0.15) is 0 Å². The number of amides is 2. The molecule has 3 N–H and O–H groups in total. The second-order valence-corrected chi connectivity index (χ2v) is 4.14. The number of hydrogen-bond acceptors (Lipinski definition) is 3. The molecule has 0 aliphatic rings. The van der Waals surface area contributed by atoms with Crippen LogP contribution in [-0.4, -0.2) is 29.6 Å². The van der Waals surface area contributed by atoms with Crippen molar-refractivity contribution in [2.45, 2.75) is 40.3 Å². The van der Waals surface area contributed by atoms with Gasteiger partial charge in [-0.3, -0.25) is 9.59 Å². The molecule has 0 aromatic heterocycles. The second kappa shape index (κ2) is 9.97. The molecule has 0 fully saturated rings. The number of aliphatic hydroxyl groups excluding tert-OH is 1. The zero-order valence-electron chi connectivity index (χ0n) is 12.6. The average molecular weight is 280 g/mol. The molecule has 0 bridgehead atoms. The summed E-state index contributed by atoms with van der Waals surface area (Å²) >= 11 is 0. The lowest BCUT2D eigenvalue weighted by Crippen LogP contribution is -2.48. The van der Waals surface area contributed by atoms with Gasteiger partial charge in [-0.1, -0.05) is 43.7 Å². The highest BCUT2D eigenvalue weighted by Crippen LogP contribution is 2.02. The third-order valence-corrected chi connectivity index (χ3v) is 2.46. The summed E-state index contributed by atoms with van der Waals surface area (Å²) in [6, 6.07) is 6.86. The first-order valence-corrected chi connectivity index (χ1v) is 6.74. The monoisotopic (exact) mass is 280 g/mol. The molecular formula is C15H24N2O3. The standard InChI is InChI=1S/C13H18N2O3.C2H6/c1-9-3-5-11(6-4-9)7-14-13(18)12(8-16)15-10(2)17;1-2/h3-6,12,16H,7-8H2,1-2H3,(H,14,18)(H,15,17);1-2H3. The van der Waals surface area contributed by atoms with Crippen molar-refractivity contribution in [3.63, 3.8) is 0 Å². The summed E-state index contributed by atoms with van der Waals surface area (Å²) < 4.78 is 0. The van der Waals surface area contributed by atoms with E-state index in [0.29, 0.717) is 6.54 Å². The van der Waals surface area contributed by atoms with Gasteiger partial charge in [0.2, 0.25) is 11.8 Å². The van der Waals surface area contributed by atoms with Crippen LogP contribution in [0.5, 0.6) is 0 Å². The van der Waals surface area contributed by atoms with Crippen molar-refractivity contribution in [3.05, 3.63) is 35.4 Å². The summed E-state index contributed by atoms with van der Waals surface area (Å²) in [5, 5.41) is 14.0. The van der Waals surface area contributed by atoms with E-state index in [9.17, 15) is 9.59 Å². The van der Waals surface area contributed by atoms with E-state index in [2.05, 4.69) is 10.6 Å². The topological polar surface area (TPSA) is 78.4 Å². The Hall–Kier alpha value is -1.88. The lowest BCUT2D eigenvalue weighted by atomic mass is 10.1. The van der Waals surface area contributed by atoms with Gasteiger partial charge in [0.1, 0.15) is 6.04 Å². The van der Waals surface area contributed by atoms with Gasteiger partial charge < -0.3 is 15.7 Å². The van der Waals surface area contributed by atoms with Crippen LogP contribution in [0.15, 0.2) is 24.3 Å². The van der Waals surface area contributed by atoms with Crippen LogP contribution in [0, 0.1) is 6.92 Å². The highest BCUT2D eigenvalue weighted by atomic mass is 16.3. The van der Waals surface area contributed by atoms with Crippen molar-refractivity contribution < 1.29 is 14.7 Å². The first kappa shape index (κ1) is 18.1. The number of nitrogens with one attached hydrogen (secondary N) is 2. The molecule has 20 heavy (non-hydrogen) atoms. The van der Waals surface area contributed by atoms with Crippen molar-refractivity contribution >= 4 is 11.8 Å². The lowest BCUT2D eigenvalue weighted by molar-refractivity contribution is -0.129. The van der Waals surface area contributed by atoms with Crippen LogP contribution in [0.3, 0.4) is 0 Å². The molecule has 0 aliphatic carbocycles. The van der Waals surface area contributed by atoms with Crippen molar-refractivity contribution in [2.24, 2.45) is 0 Å². The molecule has 0 spiro atoms. The number of rotatable bonds is 5. The summed E-state index contributed by atoms with van der Waals surface area (Å²) in [7, 11) is 0. The third-order valence-electron chi connectivity index (χ3n) is 2.46. The van der Waals surface area contributed by atoms with E-state index in [1.54, 1.807) is 0 Å². The Balaban J connectivity index is 0.00000172. The van der Waals surface area contributed by atoms with E-state index in [1.807, 2.05) is 45.0 Å². The maximum absolute atomic E-state index is 11.7. The van der Waals surface area contributed by atoms with Gasteiger partial charge in [0, 0.05) is 13.5 Å². The zero-order valence-corrected chi connectivity index (χ0v) is 12.6. The molecule has 0 radical (unpaired) electrons. The number of hydrogen-bond donors (Lipinski definition) is 3. The first-order chi connectivity index (χ1) is 9.52. The lowest BCUT2D eigenvalue weighted by Gasteiger charge is -2.15. The number of carbonyl (C=O) groups excluding carboxylic acids is 2. The average Bonchev–Trinajstić information content (AvgIpc) is 2.45. The maximum atomic E-state index is 11.7. The summed E-state index contributed by atoms with van der Waals surface area (Å²) in [6.07, 6.45) is 0. The van der Waals surface area contributed by atoms with Crippen LogP contribution in [0.2, 0.25) is 0 Å². The van der Waals surface area contributed by atoms with Gasteiger partial charge in [0.05, 0.1) is 6.61 Å². The van der Waals surface area contributed by atoms with Crippen LogP contribution < -0.4 is 10.6 Å². The molecule has 1 aromatic rings. The summed E-state index contributed by atoms with van der Waals surface area (Å²) in [4.78, 5) is 22.5. The van der Waals surface area contributed by atoms with Crippen molar-refractivity contribution in [1.29, 1.82) is 0 Å². The largest absolute Gasteiger partial charge is 0.394 e. The molecule has 1 aromatic carbocycles. The van der Waals surface area contributed by atoms with Gasteiger partial charge in [0.25, 0.3) is 0 Å². The molecule has 1 atom stereocenters. The Bertz CT molecular complexity index is 416. The normalized spacial score (nSPS) is 10.8. The fourth-order valence-corrected chi connectivity index (χ4v) is 1.46. The van der Waals surface area contributed by atoms with Crippen LogP contribution in [0.4, 0.5) is 0 Å². The van der Waals surface area contributed by atoms with E-state index in [4.69, 9.17) is 5.11 Å². The summed E-state index contributed by atoms with van der Waals surface area (Å²) in [5.41, 5.74) is 2.12. The fourth-order valence-electron chi connectivity index (χ4n) is 1.46. The minimum atomic E-state index is -0.895. The predicted octanol–water partition coefficient (Wildman–Crippen LogP) is 1.13.